The van der Waals surface area contributed by atoms with Crippen LogP contribution in [0.25, 0.3) is 0 Å². The van der Waals surface area contributed by atoms with Crippen molar-refractivity contribution < 1.29 is 4.79 Å². The molecule has 0 spiro atoms. The van der Waals surface area contributed by atoms with Gasteiger partial charge in [0.1, 0.15) is 0 Å². The van der Waals surface area contributed by atoms with Crippen molar-refractivity contribution in [2.24, 2.45) is 5.10 Å². The SMILES string of the molecule is C=CCn1c(CNc2ccc(C)cc2)nnc1S[C@H](C)C(=O)N/N=C(/C)c1ccc(Br)cc1. The summed E-state index contributed by atoms with van der Waals surface area (Å²) >= 11 is 4.75. The van der Waals surface area contributed by atoms with Crippen LogP contribution in [0.4, 0.5) is 5.69 Å². The van der Waals surface area contributed by atoms with Crippen molar-refractivity contribution in [2.45, 2.75) is 44.3 Å². The van der Waals surface area contributed by atoms with Crippen LogP contribution in [0.3, 0.4) is 0 Å². The number of nitrogens with one attached hydrogen (secondary N) is 2. The van der Waals surface area contributed by atoms with E-state index in [1.165, 1.54) is 17.3 Å². The summed E-state index contributed by atoms with van der Waals surface area (Å²) in [6.45, 7) is 10.6. The molecule has 1 atom stereocenters. The number of hydrogen-bond acceptors (Lipinski definition) is 6. The number of nitrogens with zero attached hydrogens (tertiary/aromatic N) is 4. The second-order valence-corrected chi connectivity index (χ2v) is 9.68. The van der Waals surface area contributed by atoms with Gasteiger partial charge in [-0.2, -0.15) is 5.10 Å². The van der Waals surface area contributed by atoms with Gasteiger partial charge in [0, 0.05) is 16.7 Å². The van der Waals surface area contributed by atoms with Crippen LogP contribution in [0.2, 0.25) is 0 Å². The van der Waals surface area contributed by atoms with Crippen LogP contribution in [0.1, 0.15) is 30.8 Å². The van der Waals surface area contributed by atoms with Gasteiger partial charge in [0.25, 0.3) is 5.91 Å². The number of benzene rings is 2. The number of amides is 1. The Balaban J connectivity index is 1.63. The molecule has 2 N–H and O–H groups in total. The second-order valence-electron chi connectivity index (χ2n) is 7.46. The van der Waals surface area contributed by atoms with E-state index in [-0.39, 0.29) is 5.91 Å². The number of aryl methyl sites for hydroxylation is 1. The van der Waals surface area contributed by atoms with Crippen molar-refractivity contribution in [1.29, 1.82) is 0 Å². The Hall–Kier alpha value is -2.91. The molecule has 0 aliphatic heterocycles. The van der Waals surface area contributed by atoms with Crippen LogP contribution in [-0.4, -0.2) is 31.6 Å². The summed E-state index contributed by atoms with van der Waals surface area (Å²) in [5.41, 5.74) is 6.54. The average Bonchev–Trinajstić information content (AvgIpc) is 3.18. The Morgan fingerprint density at radius 2 is 1.91 bits per heavy atom. The normalized spacial score (nSPS) is 12.3. The fourth-order valence-corrected chi connectivity index (χ4v) is 4.03. The number of aromatic nitrogens is 3. The van der Waals surface area contributed by atoms with Crippen molar-refractivity contribution in [1.82, 2.24) is 20.2 Å². The Morgan fingerprint density at radius 1 is 1.21 bits per heavy atom. The van der Waals surface area contributed by atoms with E-state index < -0.39 is 5.25 Å². The third-order valence-corrected chi connectivity index (χ3v) is 6.46. The van der Waals surface area contributed by atoms with Gasteiger partial charge < -0.3 is 9.88 Å². The van der Waals surface area contributed by atoms with E-state index >= 15 is 0 Å². The van der Waals surface area contributed by atoms with Gasteiger partial charge in [0.2, 0.25) is 0 Å². The molecule has 1 amide bonds. The molecule has 0 radical (unpaired) electrons. The maximum absolute atomic E-state index is 12.6. The van der Waals surface area contributed by atoms with Gasteiger partial charge in [0.15, 0.2) is 11.0 Å². The zero-order valence-corrected chi connectivity index (χ0v) is 21.3. The van der Waals surface area contributed by atoms with Crippen molar-refractivity contribution >= 4 is 45.0 Å². The van der Waals surface area contributed by atoms with Crippen LogP contribution in [0.5, 0.6) is 0 Å². The zero-order chi connectivity index (χ0) is 23.8. The van der Waals surface area contributed by atoms with Crippen molar-refractivity contribution in [3.8, 4) is 0 Å². The molecular weight excluding hydrogens is 500 g/mol. The summed E-state index contributed by atoms with van der Waals surface area (Å²) in [5, 5.41) is 16.5. The van der Waals surface area contributed by atoms with Gasteiger partial charge >= 0.3 is 0 Å². The molecule has 3 rings (SSSR count). The highest BCUT2D eigenvalue weighted by molar-refractivity contribution is 9.10. The van der Waals surface area contributed by atoms with E-state index in [1.807, 2.05) is 54.8 Å². The van der Waals surface area contributed by atoms with Crippen LogP contribution >= 0.6 is 27.7 Å². The summed E-state index contributed by atoms with van der Waals surface area (Å²) in [6.07, 6.45) is 1.79. The molecule has 0 bridgehead atoms. The van der Waals surface area contributed by atoms with Crippen molar-refractivity contribution in [3.63, 3.8) is 0 Å². The van der Waals surface area contributed by atoms with Gasteiger partial charge in [-0.25, -0.2) is 5.43 Å². The molecule has 1 heterocycles. The highest BCUT2D eigenvalue weighted by Gasteiger charge is 2.20. The van der Waals surface area contributed by atoms with E-state index in [0.29, 0.717) is 18.2 Å². The van der Waals surface area contributed by atoms with Crippen molar-refractivity contribution in [2.75, 3.05) is 5.32 Å². The smallest absolute Gasteiger partial charge is 0.253 e. The summed E-state index contributed by atoms with van der Waals surface area (Å²) in [5.74, 6) is 0.568. The average molecular weight is 527 g/mol. The molecule has 0 aliphatic rings. The zero-order valence-electron chi connectivity index (χ0n) is 18.9. The molecule has 7 nitrogen and oxygen atoms in total. The second kappa shape index (κ2) is 11.8. The highest BCUT2D eigenvalue weighted by atomic mass is 79.9. The Bertz CT molecular complexity index is 1120. The number of halogens is 1. The maximum atomic E-state index is 12.6. The van der Waals surface area contributed by atoms with Gasteiger partial charge in [-0.15, -0.1) is 16.8 Å². The van der Waals surface area contributed by atoms with Gasteiger partial charge in [0.05, 0.1) is 17.5 Å². The molecule has 1 aromatic heterocycles. The maximum Gasteiger partial charge on any atom is 0.253 e. The van der Waals surface area contributed by atoms with E-state index in [9.17, 15) is 4.79 Å². The monoisotopic (exact) mass is 526 g/mol. The quantitative estimate of drug-likeness (QED) is 0.165. The first-order valence-electron chi connectivity index (χ1n) is 10.5. The first-order valence-corrected chi connectivity index (χ1v) is 12.1. The number of rotatable bonds is 10. The van der Waals surface area contributed by atoms with Gasteiger partial charge in [-0.3, -0.25) is 4.79 Å². The Labute approximate surface area is 206 Å². The van der Waals surface area contributed by atoms with Crippen LogP contribution in [-0.2, 0) is 17.9 Å². The number of carbonyl (C=O) groups is 1. The van der Waals surface area contributed by atoms with Crippen molar-refractivity contribution in [3.05, 3.63) is 82.6 Å². The third-order valence-electron chi connectivity index (χ3n) is 4.85. The number of carbonyl (C=O) groups excluding carboxylic acids is 1. The Morgan fingerprint density at radius 3 is 2.58 bits per heavy atom. The first kappa shape index (κ1) is 24.7. The summed E-state index contributed by atoms with van der Waals surface area (Å²) in [6, 6.07) is 15.9. The number of hydrazone groups is 1. The molecule has 172 valence electrons. The van der Waals surface area contributed by atoms with Crippen LogP contribution < -0.4 is 10.7 Å². The predicted octanol–water partition coefficient (Wildman–Crippen LogP) is 5.17. The van der Waals surface area contributed by atoms with E-state index in [0.717, 1.165) is 27.3 Å². The fraction of sp³-hybridized carbons (Fsp3) is 0.250. The standard InChI is InChI=1S/C24H27BrN6OS/c1-5-14-31-22(15-26-21-12-6-16(2)7-13-21)28-30-24(31)33-18(4)23(32)29-27-17(3)19-8-10-20(25)11-9-19/h5-13,18,26H,1,14-15H2,2-4H3,(H,29,32)/b27-17-/t18-/m1/s1. The van der Waals surface area contributed by atoms with Crippen LogP contribution in [0, 0.1) is 6.92 Å². The number of anilines is 1. The lowest BCUT2D eigenvalue weighted by atomic mass is 10.1. The minimum Gasteiger partial charge on any atom is -0.378 e. The molecule has 0 aliphatic carbocycles. The predicted molar refractivity (Wildman–Crippen MR) is 139 cm³/mol. The molecular formula is C24H27BrN6OS. The summed E-state index contributed by atoms with van der Waals surface area (Å²) < 4.78 is 2.95. The number of hydrogen-bond donors (Lipinski definition) is 2. The van der Waals surface area contributed by atoms with Gasteiger partial charge in [-0.05, 0) is 50.6 Å². The third kappa shape index (κ3) is 7.03. The Kier molecular flexibility index (Phi) is 8.85. The van der Waals surface area contributed by atoms with E-state index in [2.05, 4.69) is 67.6 Å². The lowest BCUT2D eigenvalue weighted by molar-refractivity contribution is -0.120. The van der Waals surface area contributed by atoms with Gasteiger partial charge in [-0.1, -0.05) is 63.6 Å². The minimum atomic E-state index is -0.405. The molecule has 2 aromatic carbocycles. The summed E-state index contributed by atoms with van der Waals surface area (Å²) in [4.78, 5) is 12.6. The molecule has 0 saturated heterocycles. The highest BCUT2D eigenvalue weighted by Crippen LogP contribution is 2.23. The minimum absolute atomic E-state index is 0.205. The van der Waals surface area contributed by atoms with E-state index in [4.69, 9.17) is 0 Å². The fourth-order valence-electron chi connectivity index (χ4n) is 2.90. The number of allylic oxidation sites excluding steroid dienone is 1. The topological polar surface area (TPSA) is 84.2 Å². The van der Waals surface area contributed by atoms with Crippen LogP contribution in [0.15, 0.2) is 75.9 Å². The molecule has 0 unspecified atom stereocenters. The molecule has 0 fully saturated rings. The number of thioether (sulfide) groups is 1. The lowest BCUT2D eigenvalue weighted by Gasteiger charge is -2.12. The lowest BCUT2D eigenvalue weighted by Crippen LogP contribution is -2.28. The van der Waals surface area contributed by atoms with E-state index in [1.54, 1.807) is 6.08 Å². The molecule has 3 aromatic rings. The molecule has 33 heavy (non-hydrogen) atoms. The molecule has 0 saturated carbocycles. The summed E-state index contributed by atoms with van der Waals surface area (Å²) in [7, 11) is 0. The largest absolute Gasteiger partial charge is 0.378 e. The molecule has 9 heteroatoms. The first-order chi connectivity index (χ1) is 15.9.